The average molecular weight is 657 g/mol. The van der Waals surface area contributed by atoms with Gasteiger partial charge in [-0.1, -0.05) is 57.2 Å². The lowest BCUT2D eigenvalue weighted by Gasteiger charge is -2.07. The molecule has 44 heavy (non-hydrogen) atoms. The quantitative estimate of drug-likeness (QED) is 0.0813. The first-order valence-electron chi connectivity index (χ1n) is 13.7. The van der Waals surface area contributed by atoms with Crippen LogP contribution in [0.2, 0.25) is 0 Å². The Balaban J connectivity index is 0.919. The summed E-state index contributed by atoms with van der Waals surface area (Å²) in [6, 6.07) is 27.6. The van der Waals surface area contributed by atoms with Gasteiger partial charge in [-0.2, -0.15) is 0 Å². The summed E-state index contributed by atoms with van der Waals surface area (Å²) >= 11 is 2.76. The summed E-state index contributed by atoms with van der Waals surface area (Å²) < 4.78 is 0. The second kappa shape index (κ2) is 13.9. The highest BCUT2D eigenvalue weighted by Crippen LogP contribution is 2.38. The summed E-state index contributed by atoms with van der Waals surface area (Å²) in [7, 11) is 3.25. The number of aromatic amines is 2. The van der Waals surface area contributed by atoms with Gasteiger partial charge >= 0.3 is 0 Å². The van der Waals surface area contributed by atoms with E-state index in [1.54, 1.807) is 21.6 Å². The molecule has 4 aromatic carbocycles. The predicted molar refractivity (Wildman–Crippen MR) is 185 cm³/mol. The van der Waals surface area contributed by atoms with Crippen molar-refractivity contribution in [2.75, 3.05) is 22.1 Å². The first-order chi connectivity index (χ1) is 21.4. The minimum atomic E-state index is -0.0863. The smallest absolute Gasteiger partial charge is 0.234 e. The van der Waals surface area contributed by atoms with E-state index in [4.69, 9.17) is 0 Å². The number of hydrogen-bond acceptors (Lipinski definition) is 8. The zero-order valence-corrected chi connectivity index (χ0v) is 27.1. The summed E-state index contributed by atoms with van der Waals surface area (Å²) in [6.45, 7) is 4.08. The van der Waals surface area contributed by atoms with Crippen LogP contribution in [0, 0.1) is 13.8 Å². The van der Waals surface area contributed by atoms with Gasteiger partial charge < -0.3 is 20.6 Å². The lowest BCUT2D eigenvalue weighted by atomic mass is 10.2. The molecule has 0 atom stereocenters. The van der Waals surface area contributed by atoms with Gasteiger partial charge in [0, 0.05) is 21.2 Å². The van der Waals surface area contributed by atoms with Gasteiger partial charge in [0.1, 0.15) is 0 Å². The van der Waals surface area contributed by atoms with E-state index < -0.39 is 0 Å². The first kappa shape index (κ1) is 30.2. The number of anilines is 2. The molecule has 0 saturated heterocycles. The molecule has 2 heterocycles. The summed E-state index contributed by atoms with van der Waals surface area (Å²) in [5.41, 5.74) is 7.56. The Kier molecular flexibility index (Phi) is 9.51. The summed E-state index contributed by atoms with van der Waals surface area (Å²) in [5, 5.41) is 7.35. The third-order valence-electron chi connectivity index (χ3n) is 6.42. The van der Waals surface area contributed by atoms with Crippen LogP contribution in [-0.4, -0.2) is 43.3 Å². The fraction of sp³-hybridized carbons (Fsp3) is 0.125. The van der Waals surface area contributed by atoms with Crippen LogP contribution < -0.4 is 10.6 Å². The molecular formula is C32H28N6O2S4. The number of rotatable bonds is 11. The number of carbonyl (C=O) groups is 2. The molecule has 2 aromatic heterocycles. The third-order valence-corrected chi connectivity index (χ3v) is 10.6. The summed E-state index contributed by atoms with van der Waals surface area (Å²) in [5.74, 6) is 0.358. The maximum Gasteiger partial charge on any atom is 0.234 e. The highest BCUT2D eigenvalue weighted by molar-refractivity contribution is 8.76. The van der Waals surface area contributed by atoms with Crippen molar-refractivity contribution in [2.45, 2.75) is 34.0 Å². The van der Waals surface area contributed by atoms with Gasteiger partial charge in [-0.05, 0) is 97.8 Å². The molecule has 8 nitrogen and oxygen atoms in total. The number of carbonyl (C=O) groups excluding carboxylic acids is 2. The Labute approximate surface area is 270 Å². The van der Waals surface area contributed by atoms with Gasteiger partial charge in [0.15, 0.2) is 10.3 Å². The molecule has 222 valence electrons. The summed E-state index contributed by atoms with van der Waals surface area (Å²) in [6.07, 6.45) is 0. The van der Waals surface area contributed by atoms with Crippen LogP contribution in [0.1, 0.15) is 11.1 Å². The van der Waals surface area contributed by atoms with Crippen molar-refractivity contribution >= 4 is 90.4 Å². The number of nitrogens with zero attached hydrogens (tertiary/aromatic N) is 2. The topological polar surface area (TPSA) is 116 Å². The van der Waals surface area contributed by atoms with E-state index >= 15 is 0 Å². The number of amides is 2. The van der Waals surface area contributed by atoms with Crippen LogP contribution in [0.25, 0.3) is 22.1 Å². The molecule has 0 fully saturated rings. The lowest BCUT2D eigenvalue weighted by Crippen LogP contribution is -2.14. The minimum Gasteiger partial charge on any atom is -0.333 e. The zero-order valence-electron chi connectivity index (χ0n) is 23.8. The van der Waals surface area contributed by atoms with Gasteiger partial charge in [0.05, 0.1) is 33.6 Å². The molecule has 0 aliphatic rings. The van der Waals surface area contributed by atoms with Gasteiger partial charge in [-0.25, -0.2) is 9.97 Å². The zero-order chi connectivity index (χ0) is 30.5. The average Bonchev–Trinajstić information content (AvgIpc) is 3.62. The monoisotopic (exact) mass is 656 g/mol. The number of fused-ring (bicyclic) bond motifs is 2. The molecular weight excluding hydrogens is 629 g/mol. The Morgan fingerprint density at radius 1 is 0.614 bits per heavy atom. The normalized spacial score (nSPS) is 11.2. The number of imidazole rings is 2. The van der Waals surface area contributed by atoms with Gasteiger partial charge in [-0.3, -0.25) is 9.59 Å². The second-order valence-corrected chi connectivity index (χ2v) is 14.2. The molecule has 6 rings (SSSR count). The molecule has 0 aliphatic heterocycles. The Bertz CT molecular complexity index is 1800. The molecule has 12 heteroatoms. The van der Waals surface area contributed by atoms with Crippen molar-refractivity contribution in [3.63, 3.8) is 0 Å². The van der Waals surface area contributed by atoms with Crippen LogP contribution in [0.15, 0.2) is 105 Å². The van der Waals surface area contributed by atoms with Crippen molar-refractivity contribution in [2.24, 2.45) is 0 Å². The predicted octanol–water partition coefficient (Wildman–Crippen LogP) is 8.32. The highest BCUT2D eigenvalue weighted by Gasteiger charge is 2.10. The Hall–Kier alpha value is -3.84. The molecule has 0 bridgehead atoms. The number of benzene rings is 4. The molecule has 4 N–H and O–H groups in total. The molecule has 0 unspecified atom stereocenters. The van der Waals surface area contributed by atoms with Crippen LogP contribution in [0.3, 0.4) is 0 Å². The fourth-order valence-corrected chi connectivity index (χ4v) is 7.58. The number of thioether (sulfide) groups is 2. The van der Waals surface area contributed by atoms with Crippen LogP contribution in [-0.2, 0) is 9.59 Å². The summed E-state index contributed by atoms with van der Waals surface area (Å²) in [4.78, 5) is 42.7. The van der Waals surface area contributed by atoms with Gasteiger partial charge in [-0.15, -0.1) is 0 Å². The van der Waals surface area contributed by atoms with E-state index in [-0.39, 0.29) is 23.3 Å². The molecule has 0 radical (unpaired) electrons. The van der Waals surface area contributed by atoms with Gasteiger partial charge in [0.25, 0.3) is 0 Å². The van der Waals surface area contributed by atoms with Crippen LogP contribution in [0.4, 0.5) is 11.4 Å². The van der Waals surface area contributed by atoms with E-state index in [0.29, 0.717) is 0 Å². The SMILES string of the molecule is Cc1ccc2nc(SCC(=O)Nc3ccc(SSc4ccc(NC(=O)CSc5nc6ccc(C)cc6[nH]5)cc4)cc3)[nH]c2c1. The van der Waals surface area contributed by atoms with Crippen LogP contribution >= 0.6 is 45.1 Å². The van der Waals surface area contributed by atoms with Crippen molar-refractivity contribution in [1.82, 2.24) is 19.9 Å². The van der Waals surface area contributed by atoms with E-state index in [1.807, 2.05) is 98.8 Å². The van der Waals surface area contributed by atoms with Crippen molar-refractivity contribution in [3.05, 3.63) is 96.1 Å². The van der Waals surface area contributed by atoms with Crippen molar-refractivity contribution in [3.8, 4) is 0 Å². The molecule has 6 aromatic rings. The lowest BCUT2D eigenvalue weighted by molar-refractivity contribution is -0.114. The molecule has 0 saturated carbocycles. The number of hydrogen-bond donors (Lipinski definition) is 4. The Morgan fingerprint density at radius 2 is 1.02 bits per heavy atom. The standard InChI is InChI=1S/C32H28N6O2S4/c1-19-3-13-25-27(15-19)37-31(35-25)41-17-29(39)33-21-5-9-23(10-6-21)43-44-24-11-7-22(8-12-24)34-30(40)18-42-32-36-26-14-4-20(2)16-28(26)38-32/h3-16H,17-18H2,1-2H3,(H,33,39)(H,34,40)(H,35,37)(H,36,38). The van der Waals surface area contributed by atoms with Crippen LogP contribution in [0.5, 0.6) is 0 Å². The van der Waals surface area contributed by atoms with E-state index in [9.17, 15) is 9.59 Å². The molecule has 2 amide bonds. The largest absolute Gasteiger partial charge is 0.333 e. The van der Waals surface area contributed by atoms with E-state index in [0.717, 1.165) is 64.7 Å². The molecule has 0 spiro atoms. The maximum absolute atomic E-state index is 12.5. The first-order valence-corrected chi connectivity index (χ1v) is 17.8. The number of H-pyrrole nitrogens is 2. The van der Waals surface area contributed by atoms with Crippen molar-refractivity contribution < 1.29 is 9.59 Å². The van der Waals surface area contributed by atoms with E-state index in [1.165, 1.54) is 23.5 Å². The number of aryl methyl sites for hydroxylation is 2. The minimum absolute atomic E-state index is 0.0863. The van der Waals surface area contributed by atoms with E-state index in [2.05, 4.69) is 30.6 Å². The third kappa shape index (κ3) is 8.00. The van der Waals surface area contributed by atoms with Crippen molar-refractivity contribution in [1.29, 1.82) is 0 Å². The number of nitrogens with one attached hydrogen (secondary N) is 4. The van der Waals surface area contributed by atoms with Gasteiger partial charge in [0.2, 0.25) is 11.8 Å². The maximum atomic E-state index is 12.5. The number of aromatic nitrogens is 4. The fourth-order valence-electron chi connectivity index (χ4n) is 4.28. The molecule has 0 aliphatic carbocycles. The Morgan fingerprint density at radius 3 is 1.43 bits per heavy atom. The highest BCUT2D eigenvalue weighted by atomic mass is 33.1. The second-order valence-electron chi connectivity index (χ2n) is 10.0.